The van der Waals surface area contributed by atoms with Gasteiger partial charge in [-0.1, -0.05) is 42.5 Å². The highest BCUT2D eigenvalue weighted by molar-refractivity contribution is 5.27. The first-order chi connectivity index (χ1) is 8.88. The maximum absolute atomic E-state index is 5.13. The molecule has 0 spiro atoms. The molecule has 2 aromatic rings. The molecule has 0 radical (unpaired) electrons. The average molecular weight is 241 g/mol. The lowest BCUT2D eigenvalue weighted by Crippen LogP contribution is -2.16. The predicted molar refractivity (Wildman–Crippen MR) is 74.8 cm³/mol. The van der Waals surface area contributed by atoms with E-state index in [1.165, 1.54) is 11.1 Å². The van der Waals surface area contributed by atoms with Crippen LogP contribution in [0.3, 0.4) is 0 Å². The van der Waals surface area contributed by atoms with Crippen LogP contribution in [-0.2, 0) is 13.0 Å². The highest BCUT2D eigenvalue weighted by Crippen LogP contribution is 2.10. The third kappa shape index (κ3) is 3.90. The van der Waals surface area contributed by atoms with E-state index >= 15 is 0 Å². The molecule has 0 amide bonds. The summed E-state index contributed by atoms with van der Waals surface area (Å²) in [6, 6.07) is 18.7. The largest absolute Gasteiger partial charge is 0.497 e. The zero-order valence-corrected chi connectivity index (χ0v) is 10.7. The third-order valence-corrected chi connectivity index (χ3v) is 2.92. The lowest BCUT2D eigenvalue weighted by molar-refractivity contribution is 0.414. The molecule has 2 rings (SSSR count). The van der Waals surface area contributed by atoms with Gasteiger partial charge in [0, 0.05) is 6.54 Å². The van der Waals surface area contributed by atoms with Crippen molar-refractivity contribution in [2.45, 2.75) is 13.0 Å². The molecular weight excluding hydrogens is 222 g/mol. The molecule has 18 heavy (non-hydrogen) atoms. The van der Waals surface area contributed by atoms with E-state index in [0.29, 0.717) is 0 Å². The maximum Gasteiger partial charge on any atom is 0.118 e. The Bertz CT molecular complexity index is 450. The Morgan fingerprint density at radius 1 is 0.889 bits per heavy atom. The third-order valence-electron chi connectivity index (χ3n) is 2.92. The molecule has 94 valence electrons. The van der Waals surface area contributed by atoms with Crippen molar-refractivity contribution in [3.05, 3.63) is 65.7 Å². The fourth-order valence-electron chi connectivity index (χ4n) is 1.85. The Morgan fingerprint density at radius 3 is 2.28 bits per heavy atom. The summed E-state index contributed by atoms with van der Waals surface area (Å²) in [7, 11) is 1.69. The van der Waals surface area contributed by atoms with Crippen molar-refractivity contribution < 1.29 is 4.74 Å². The standard InChI is InChI=1S/C16H19NO/c1-18-16-9-7-15(8-10-16)13-17-12-11-14-5-3-2-4-6-14/h2-10,17H,11-13H2,1H3. The second-order valence-corrected chi connectivity index (χ2v) is 4.26. The number of hydrogen-bond donors (Lipinski definition) is 1. The summed E-state index contributed by atoms with van der Waals surface area (Å²) in [4.78, 5) is 0. The minimum absolute atomic E-state index is 0.900. The number of hydrogen-bond acceptors (Lipinski definition) is 2. The number of nitrogens with one attached hydrogen (secondary N) is 1. The van der Waals surface area contributed by atoms with Crippen LogP contribution < -0.4 is 10.1 Å². The van der Waals surface area contributed by atoms with E-state index in [0.717, 1.165) is 25.3 Å². The monoisotopic (exact) mass is 241 g/mol. The van der Waals surface area contributed by atoms with Crippen LogP contribution in [-0.4, -0.2) is 13.7 Å². The molecule has 0 aliphatic heterocycles. The van der Waals surface area contributed by atoms with Gasteiger partial charge in [-0.25, -0.2) is 0 Å². The smallest absolute Gasteiger partial charge is 0.118 e. The van der Waals surface area contributed by atoms with Crippen molar-refractivity contribution in [2.75, 3.05) is 13.7 Å². The van der Waals surface area contributed by atoms with Crippen LogP contribution in [0.1, 0.15) is 11.1 Å². The van der Waals surface area contributed by atoms with Gasteiger partial charge in [-0.05, 0) is 36.2 Å². The summed E-state index contributed by atoms with van der Waals surface area (Å²) in [5.41, 5.74) is 2.66. The van der Waals surface area contributed by atoms with E-state index in [1.54, 1.807) is 7.11 Å². The van der Waals surface area contributed by atoms with Crippen LogP contribution in [0, 0.1) is 0 Å². The van der Waals surface area contributed by atoms with Crippen LogP contribution in [0.4, 0.5) is 0 Å². The Kier molecular flexibility index (Phi) is 4.79. The van der Waals surface area contributed by atoms with Gasteiger partial charge in [0.2, 0.25) is 0 Å². The molecule has 0 heterocycles. The van der Waals surface area contributed by atoms with Gasteiger partial charge < -0.3 is 10.1 Å². The second kappa shape index (κ2) is 6.82. The highest BCUT2D eigenvalue weighted by atomic mass is 16.5. The summed E-state index contributed by atoms with van der Waals surface area (Å²) in [5.74, 6) is 0.906. The molecule has 0 saturated heterocycles. The van der Waals surface area contributed by atoms with Gasteiger partial charge in [0.1, 0.15) is 5.75 Å². The van der Waals surface area contributed by atoms with Gasteiger partial charge in [-0.2, -0.15) is 0 Å². The van der Waals surface area contributed by atoms with Gasteiger partial charge in [0.25, 0.3) is 0 Å². The van der Waals surface area contributed by atoms with Crippen molar-refractivity contribution in [2.24, 2.45) is 0 Å². The molecule has 2 nitrogen and oxygen atoms in total. The Hall–Kier alpha value is -1.80. The Balaban J connectivity index is 1.72. The lowest BCUT2D eigenvalue weighted by Gasteiger charge is -2.06. The highest BCUT2D eigenvalue weighted by Gasteiger charge is 1.95. The summed E-state index contributed by atoms with van der Waals surface area (Å²) in [6.07, 6.45) is 1.07. The fraction of sp³-hybridized carbons (Fsp3) is 0.250. The molecule has 0 unspecified atom stereocenters. The number of ether oxygens (including phenoxy) is 1. The van der Waals surface area contributed by atoms with Crippen LogP contribution in [0.2, 0.25) is 0 Å². The average Bonchev–Trinajstić information content (AvgIpc) is 2.45. The molecule has 0 fully saturated rings. The molecule has 0 atom stereocenters. The molecule has 0 aliphatic rings. The summed E-state index contributed by atoms with van der Waals surface area (Å²) in [6.45, 7) is 1.90. The first kappa shape index (κ1) is 12.7. The van der Waals surface area contributed by atoms with E-state index in [9.17, 15) is 0 Å². The molecule has 0 bridgehead atoms. The number of methoxy groups -OCH3 is 1. The van der Waals surface area contributed by atoms with Crippen LogP contribution in [0.15, 0.2) is 54.6 Å². The molecule has 0 aromatic heterocycles. The quantitative estimate of drug-likeness (QED) is 0.785. The van der Waals surface area contributed by atoms with Crippen LogP contribution >= 0.6 is 0 Å². The van der Waals surface area contributed by atoms with Crippen molar-refractivity contribution in [3.8, 4) is 5.75 Å². The normalized spacial score (nSPS) is 10.3. The number of benzene rings is 2. The van der Waals surface area contributed by atoms with E-state index in [-0.39, 0.29) is 0 Å². The topological polar surface area (TPSA) is 21.3 Å². The molecule has 2 heteroatoms. The van der Waals surface area contributed by atoms with Crippen molar-refractivity contribution in [1.82, 2.24) is 5.32 Å². The Labute approximate surface area is 109 Å². The summed E-state index contributed by atoms with van der Waals surface area (Å²) < 4.78 is 5.13. The van der Waals surface area contributed by atoms with Crippen molar-refractivity contribution >= 4 is 0 Å². The predicted octanol–water partition coefficient (Wildman–Crippen LogP) is 3.03. The van der Waals surface area contributed by atoms with E-state index in [2.05, 4.69) is 41.7 Å². The lowest BCUT2D eigenvalue weighted by atomic mass is 10.1. The van der Waals surface area contributed by atoms with Gasteiger partial charge >= 0.3 is 0 Å². The van der Waals surface area contributed by atoms with Crippen LogP contribution in [0.5, 0.6) is 5.75 Å². The van der Waals surface area contributed by atoms with E-state index in [1.807, 2.05) is 18.2 Å². The Morgan fingerprint density at radius 2 is 1.61 bits per heavy atom. The molecule has 1 N–H and O–H groups in total. The zero-order chi connectivity index (χ0) is 12.6. The van der Waals surface area contributed by atoms with Gasteiger partial charge in [-0.3, -0.25) is 0 Å². The first-order valence-electron chi connectivity index (χ1n) is 6.26. The SMILES string of the molecule is COc1ccc(CNCCc2ccccc2)cc1. The minimum atomic E-state index is 0.900. The van der Waals surface area contributed by atoms with Gasteiger partial charge in [0.15, 0.2) is 0 Å². The van der Waals surface area contributed by atoms with E-state index < -0.39 is 0 Å². The molecule has 0 aliphatic carbocycles. The first-order valence-corrected chi connectivity index (χ1v) is 6.26. The number of rotatable bonds is 6. The fourth-order valence-corrected chi connectivity index (χ4v) is 1.85. The van der Waals surface area contributed by atoms with E-state index in [4.69, 9.17) is 4.74 Å². The minimum Gasteiger partial charge on any atom is -0.497 e. The second-order valence-electron chi connectivity index (χ2n) is 4.26. The van der Waals surface area contributed by atoms with Crippen molar-refractivity contribution in [1.29, 1.82) is 0 Å². The van der Waals surface area contributed by atoms with Crippen LogP contribution in [0.25, 0.3) is 0 Å². The molecule has 2 aromatic carbocycles. The van der Waals surface area contributed by atoms with Gasteiger partial charge in [0.05, 0.1) is 7.11 Å². The molecule has 0 saturated carbocycles. The van der Waals surface area contributed by atoms with Crippen molar-refractivity contribution in [3.63, 3.8) is 0 Å². The zero-order valence-electron chi connectivity index (χ0n) is 10.7. The summed E-state index contributed by atoms with van der Waals surface area (Å²) in [5, 5.41) is 3.45. The summed E-state index contributed by atoms with van der Waals surface area (Å²) >= 11 is 0. The van der Waals surface area contributed by atoms with Gasteiger partial charge in [-0.15, -0.1) is 0 Å². The maximum atomic E-state index is 5.13. The molecular formula is C16H19NO.